The summed E-state index contributed by atoms with van der Waals surface area (Å²) in [6, 6.07) is 7.97. The van der Waals surface area contributed by atoms with Crippen LogP contribution in [0.3, 0.4) is 0 Å². The van der Waals surface area contributed by atoms with E-state index in [4.69, 9.17) is 0 Å². The van der Waals surface area contributed by atoms with Gasteiger partial charge in [-0.3, -0.25) is 0 Å². The molecule has 1 aliphatic rings. The van der Waals surface area contributed by atoms with Gasteiger partial charge in [0.1, 0.15) is 0 Å². The van der Waals surface area contributed by atoms with Crippen molar-refractivity contribution < 1.29 is 8.42 Å². The number of imidazole rings is 1. The predicted octanol–water partition coefficient (Wildman–Crippen LogP) is 1.32. The topological polar surface area (TPSA) is 67.2 Å². The molecule has 1 aromatic heterocycles. The van der Waals surface area contributed by atoms with Crippen molar-refractivity contribution in [3.63, 3.8) is 0 Å². The Bertz CT molecular complexity index is 768. The summed E-state index contributed by atoms with van der Waals surface area (Å²) in [5, 5.41) is 3.40. The summed E-state index contributed by atoms with van der Waals surface area (Å²) in [6.07, 6.45) is 4.04. The molecule has 1 saturated heterocycles. The zero-order valence-corrected chi connectivity index (χ0v) is 14.3. The SMILES string of the molecule is CCc1ccc(C2CNCCN2S(=O)(=O)c2cn(C)cn2)cc1. The molecule has 1 aliphatic heterocycles. The number of sulfonamides is 1. The first-order valence-electron chi connectivity index (χ1n) is 7.81. The van der Waals surface area contributed by atoms with Gasteiger partial charge in [0, 0.05) is 32.9 Å². The number of nitrogens with zero attached hydrogens (tertiary/aromatic N) is 3. The Hall–Kier alpha value is -1.70. The van der Waals surface area contributed by atoms with Gasteiger partial charge in [-0.15, -0.1) is 0 Å². The van der Waals surface area contributed by atoms with Crippen molar-refractivity contribution >= 4 is 10.0 Å². The van der Waals surface area contributed by atoms with Crippen molar-refractivity contribution in [2.45, 2.75) is 24.4 Å². The van der Waals surface area contributed by atoms with Crippen LogP contribution in [0.2, 0.25) is 0 Å². The van der Waals surface area contributed by atoms with Crippen molar-refractivity contribution in [1.82, 2.24) is 19.2 Å². The van der Waals surface area contributed by atoms with E-state index in [1.807, 2.05) is 12.1 Å². The lowest BCUT2D eigenvalue weighted by atomic mass is 10.0. The van der Waals surface area contributed by atoms with E-state index < -0.39 is 10.0 Å². The summed E-state index contributed by atoms with van der Waals surface area (Å²) in [6.45, 7) is 3.81. The molecule has 1 unspecified atom stereocenters. The summed E-state index contributed by atoms with van der Waals surface area (Å²) in [4.78, 5) is 4.03. The second-order valence-electron chi connectivity index (χ2n) is 5.81. The molecule has 0 amide bonds. The van der Waals surface area contributed by atoms with E-state index in [0.717, 1.165) is 12.0 Å². The number of hydrogen-bond acceptors (Lipinski definition) is 4. The van der Waals surface area contributed by atoms with E-state index in [-0.39, 0.29) is 11.1 Å². The van der Waals surface area contributed by atoms with E-state index in [9.17, 15) is 8.42 Å². The highest BCUT2D eigenvalue weighted by Gasteiger charge is 2.35. The Balaban J connectivity index is 1.94. The number of benzene rings is 1. The predicted molar refractivity (Wildman–Crippen MR) is 88.5 cm³/mol. The summed E-state index contributed by atoms with van der Waals surface area (Å²) >= 11 is 0. The third-order valence-corrected chi connectivity index (χ3v) is 6.02. The number of piperazine rings is 1. The highest BCUT2D eigenvalue weighted by atomic mass is 32.2. The lowest BCUT2D eigenvalue weighted by Gasteiger charge is -2.35. The van der Waals surface area contributed by atoms with Gasteiger partial charge in [0.15, 0.2) is 5.03 Å². The number of aryl methyl sites for hydroxylation is 2. The molecular formula is C16H22N4O2S. The molecule has 1 atom stereocenters. The Morgan fingerprint density at radius 3 is 2.65 bits per heavy atom. The van der Waals surface area contributed by atoms with Crippen molar-refractivity contribution in [1.29, 1.82) is 0 Å². The minimum absolute atomic E-state index is 0.108. The largest absolute Gasteiger partial charge is 0.339 e. The van der Waals surface area contributed by atoms with Crippen LogP contribution in [0.1, 0.15) is 24.1 Å². The second kappa shape index (κ2) is 6.43. The molecule has 1 fully saturated rings. The van der Waals surface area contributed by atoms with Crippen LogP contribution >= 0.6 is 0 Å². The van der Waals surface area contributed by atoms with Crippen molar-refractivity contribution in [3.8, 4) is 0 Å². The summed E-state index contributed by atoms with van der Waals surface area (Å²) in [5.41, 5.74) is 2.26. The molecule has 1 aromatic carbocycles. The molecule has 124 valence electrons. The average molecular weight is 334 g/mol. The fourth-order valence-corrected chi connectivity index (χ4v) is 4.46. The highest BCUT2D eigenvalue weighted by molar-refractivity contribution is 7.89. The van der Waals surface area contributed by atoms with Gasteiger partial charge in [-0.05, 0) is 17.5 Å². The van der Waals surface area contributed by atoms with Crippen LogP contribution in [0.25, 0.3) is 0 Å². The van der Waals surface area contributed by atoms with E-state index in [1.165, 1.54) is 11.9 Å². The van der Waals surface area contributed by atoms with Crippen molar-refractivity contribution in [2.75, 3.05) is 19.6 Å². The van der Waals surface area contributed by atoms with E-state index in [1.54, 1.807) is 22.1 Å². The second-order valence-corrected chi connectivity index (χ2v) is 7.65. The number of nitrogens with one attached hydrogen (secondary N) is 1. The Morgan fingerprint density at radius 2 is 2.04 bits per heavy atom. The Morgan fingerprint density at radius 1 is 1.30 bits per heavy atom. The summed E-state index contributed by atoms with van der Waals surface area (Å²) in [5.74, 6) is 0. The molecule has 23 heavy (non-hydrogen) atoms. The minimum Gasteiger partial charge on any atom is -0.339 e. The zero-order valence-electron chi connectivity index (χ0n) is 13.4. The van der Waals surface area contributed by atoms with Gasteiger partial charge in [-0.2, -0.15) is 4.31 Å². The normalized spacial score (nSPS) is 19.8. The molecule has 2 aromatic rings. The quantitative estimate of drug-likeness (QED) is 0.916. The highest BCUT2D eigenvalue weighted by Crippen LogP contribution is 2.28. The van der Waals surface area contributed by atoms with Crippen LogP contribution in [0.5, 0.6) is 0 Å². The maximum atomic E-state index is 12.9. The zero-order chi connectivity index (χ0) is 16.4. The fourth-order valence-electron chi connectivity index (χ4n) is 2.88. The minimum atomic E-state index is -3.59. The van der Waals surface area contributed by atoms with Crippen LogP contribution in [0, 0.1) is 0 Å². The van der Waals surface area contributed by atoms with Gasteiger partial charge in [-0.1, -0.05) is 31.2 Å². The van der Waals surface area contributed by atoms with Gasteiger partial charge in [-0.25, -0.2) is 13.4 Å². The molecule has 3 rings (SSSR count). The van der Waals surface area contributed by atoms with Crippen LogP contribution < -0.4 is 5.32 Å². The van der Waals surface area contributed by atoms with Gasteiger partial charge in [0.2, 0.25) is 0 Å². The number of hydrogen-bond donors (Lipinski definition) is 1. The Kier molecular flexibility index (Phi) is 4.52. The maximum Gasteiger partial charge on any atom is 0.262 e. The van der Waals surface area contributed by atoms with Crippen LogP contribution in [-0.2, 0) is 23.5 Å². The first-order chi connectivity index (χ1) is 11.0. The molecule has 6 nitrogen and oxygen atoms in total. The van der Waals surface area contributed by atoms with E-state index >= 15 is 0 Å². The first-order valence-corrected chi connectivity index (χ1v) is 9.25. The summed E-state index contributed by atoms with van der Waals surface area (Å²) in [7, 11) is -1.82. The third kappa shape index (κ3) is 3.17. The van der Waals surface area contributed by atoms with Crippen molar-refractivity contribution in [2.24, 2.45) is 7.05 Å². The van der Waals surface area contributed by atoms with Crippen LogP contribution in [0.4, 0.5) is 0 Å². The molecule has 0 aliphatic carbocycles. The average Bonchev–Trinajstić information content (AvgIpc) is 3.02. The molecular weight excluding hydrogens is 312 g/mol. The maximum absolute atomic E-state index is 12.9. The lowest BCUT2D eigenvalue weighted by molar-refractivity contribution is 0.271. The van der Waals surface area contributed by atoms with Gasteiger partial charge >= 0.3 is 0 Å². The smallest absolute Gasteiger partial charge is 0.262 e. The van der Waals surface area contributed by atoms with Gasteiger partial charge in [0.05, 0.1) is 12.4 Å². The van der Waals surface area contributed by atoms with Crippen molar-refractivity contribution in [3.05, 3.63) is 47.9 Å². The first kappa shape index (κ1) is 16.2. The summed E-state index contributed by atoms with van der Waals surface area (Å²) < 4.78 is 29.1. The van der Waals surface area contributed by atoms with Gasteiger partial charge in [0.25, 0.3) is 10.0 Å². The molecule has 0 bridgehead atoms. The van der Waals surface area contributed by atoms with Gasteiger partial charge < -0.3 is 9.88 Å². The van der Waals surface area contributed by atoms with E-state index in [0.29, 0.717) is 19.6 Å². The molecule has 2 heterocycles. The number of aromatic nitrogens is 2. The molecule has 0 radical (unpaired) electrons. The lowest BCUT2D eigenvalue weighted by Crippen LogP contribution is -2.48. The monoisotopic (exact) mass is 334 g/mol. The molecule has 0 spiro atoms. The fraction of sp³-hybridized carbons (Fsp3) is 0.438. The molecule has 1 N–H and O–H groups in total. The van der Waals surface area contributed by atoms with E-state index in [2.05, 4.69) is 29.4 Å². The molecule has 0 saturated carbocycles. The third-order valence-electron chi connectivity index (χ3n) is 4.22. The standard InChI is InChI=1S/C16H22N4O2S/c1-3-13-4-6-14(7-5-13)15-10-17-8-9-20(15)23(21,22)16-11-19(2)12-18-16/h4-7,11-12,15,17H,3,8-10H2,1-2H3. The van der Waals surface area contributed by atoms with Crippen LogP contribution in [-0.4, -0.2) is 41.9 Å². The Labute approximate surface area is 137 Å². The number of rotatable bonds is 4. The molecule has 7 heteroatoms. The van der Waals surface area contributed by atoms with Crippen LogP contribution in [0.15, 0.2) is 41.8 Å².